The molecule has 0 amide bonds. The molecule has 8 nitrogen and oxygen atoms in total. The van der Waals surface area contributed by atoms with Crippen LogP contribution in [-0.2, 0) is 20.1 Å². The van der Waals surface area contributed by atoms with Crippen LogP contribution in [0.25, 0.3) is 5.95 Å². The average Bonchev–Trinajstić information content (AvgIpc) is 3.26. The first-order valence-electron chi connectivity index (χ1n) is 10.0. The molecule has 0 aliphatic heterocycles. The molecule has 1 fully saturated rings. The Balaban J connectivity index is 1.59. The molecule has 1 aliphatic carbocycles. The Bertz CT molecular complexity index is 1020. The molecule has 4 rings (SSSR count). The predicted octanol–water partition coefficient (Wildman–Crippen LogP) is 3.35. The van der Waals surface area contributed by atoms with E-state index in [2.05, 4.69) is 25.4 Å². The summed E-state index contributed by atoms with van der Waals surface area (Å²) in [5.74, 6) is -1.55. The molecule has 3 aromatic heterocycles. The van der Waals surface area contributed by atoms with Crippen LogP contribution in [0.3, 0.4) is 0 Å². The van der Waals surface area contributed by atoms with Gasteiger partial charge in [0.15, 0.2) is 0 Å². The maximum Gasteiger partial charge on any atom is 0.254 e. The van der Waals surface area contributed by atoms with Crippen LogP contribution in [0.1, 0.15) is 48.5 Å². The van der Waals surface area contributed by atoms with Crippen LogP contribution in [-0.4, -0.2) is 40.7 Å². The zero-order valence-electron chi connectivity index (χ0n) is 17.3. The van der Waals surface area contributed by atoms with Crippen molar-refractivity contribution in [3.8, 4) is 11.8 Å². The van der Waals surface area contributed by atoms with Crippen molar-refractivity contribution >= 4 is 0 Å². The van der Waals surface area contributed by atoms with Gasteiger partial charge in [0, 0.05) is 31.6 Å². The molecule has 0 unspecified atom stereocenters. The number of hydrogen-bond acceptors (Lipinski definition) is 6. The summed E-state index contributed by atoms with van der Waals surface area (Å²) in [6.07, 6.45) is 3.08. The Hall–Kier alpha value is -2.91. The predicted molar refractivity (Wildman–Crippen MR) is 105 cm³/mol. The Labute approximate surface area is 173 Å². The first-order valence-corrected chi connectivity index (χ1v) is 10.0. The van der Waals surface area contributed by atoms with Crippen LogP contribution in [0.4, 0.5) is 8.78 Å². The summed E-state index contributed by atoms with van der Waals surface area (Å²) in [5, 5.41) is 12.2. The maximum atomic E-state index is 13.5. The fraction of sp³-hybridized carbons (Fsp3) is 0.550. The summed E-state index contributed by atoms with van der Waals surface area (Å²) < 4.78 is 36.2. The van der Waals surface area contributed by atoms with Crippen LogP contribution < -0.4 is 4.74 Å². The highest BCUT2D eigenvalue weighted by Gasteiger charge is 2.35. The molecule has 3 aromatic rings. The molecular weight excluding hydrogens is 392 g/mol. The lowest BCUT2D eigenvalue weighted by Gasteiger charge is -2.28. The van der Waals surface area contributed by atoms with Crippen molar-refractivity contribution in [3.63, 3.8) is 0 Å². The van der Waals surface area contributed by atoms with Crippen LogP contribution in [0, 0.1) is 19.8 Å². The number of aryl methyl sites for hydroxylation is 3. The van der Waals surface area contributed by atoms with E-state index in [0.717, 1.165) is 22.8 Å². The number of alkyl halides is 2. The number of rotatable bonds is 6. The molecule has 1 aliphatic rings. The fourth-order valence-electron chi connectivity index (χ4n) is 3.75. The smallest absolute Gasteiger partial charge is 0.254 e. The minimum absolute atomic E-state index is 0.0656. The van der Waals surface area contributed by atoms with E-state index in [9.17, 15) is 8.78 Å². The highest BCUT2D eigenvalue weighted by atomic mass is 19.3. The summed E-state index contributed by atoms with van der Waals surface area (Å²) in [6.45, 7) is 4.09. The molecule has 10 heteroatoms. The molecule has 1 saturated carbocycles. The zero-order valence-corrected chi connectivity index (χ0v) is 17.3. The Morgan fingerprint density at radius 1 is 1.17 bits per heavy atom. The van der Waals surface area contributed by atoms with Gasteiger partial charge >= 0.3 is 0 Å². The summed E-state index contributed by atoms with van der Waals surface area (Å²) >= 11 is 0. The summed E-state index contributed by atoms with van der Waals surface area (Å²) in [5.41, 5.74) is 3.33. The van der Waals surface area contributed by atoms with Crippen molar-refractivity contribution in [1.82, 2.24) is 34.7 Å². The summed E-state index contributed by atoms with van der Waals surface area (Å²) in [6, 6.07) is 3.73. The molecular formula is C20H25F2N7O. The van der Waals surface area contributed by atoms with Gasteiger partial charge in [0.2, 0.25) is 11.8 Å². The van der Waals surface area contributed by atoms with Crippen molar-refractivity contribution < 1.29 is 13.5 Å². The van der Waals surface area contributed by atoms with E-state index < -0.39 is 5.92 Å². The third-order valence-electron chi connectivity index (χ3n) is 5.45. The van der Waals surface area contributed by atoms with E-state index in [0.29, 0.717) is 31.1 Å². The highest BCUT2D eigenvalue weighted by molar-refractivity contribution is 5.26. The molecule has 0 radical (unpaired) electrons. The Kier molecular flexibility index (Phi) is 5.48. The largest absolute Gasteiger partial charge is 0.471 e. The number of aromatic nitrogens is 7. The minimum Gasteiger partial charge on any atom is -0.471 e. The second kappa shape index (κ2) is 8.08. The normalized spacial score (nSPS) is 16.7. The zero-order chi connectivity index (χ0) is 21.3. The number of nitrogens with zero attached hydrogens (tertiary/aromatic N) is 7. The van der Waals surface area contributed by atoms with Crippen molar-refractivity contribution in [2.75, 3.05) is 0 Å². The van der Waals surface area contributed by atoms with Crippen LogP contribution in [0.15, 0.2) is 18.3 Å². The van der Waals surface area contributed by atoms with Crippen molar-refractivity contribution in [2.24, 2.45) is 13.0 Å². The molecule has 0 atom stereocenters. The van der Waals surface area contributed by atoms with Gasteiger partial charge in [-0.05, 0) is 45.1 Å². The molecule has 0 spiro atoms. The van der Waals surface area contributed by atoms with Gasteiger partial charge in [0.05, 0.1) is 23.3 Å². The van der Waals surface area contributed by atoms with E-state index in [1.165, 1.54) is 0 Å². The fourth-order valence-corrected chi connectivity index (χ4v) is 3.75. The quantitative estimate of drug-likeness (QED) is 0.612. The van der Waals surface area contributed by atoms with Gasteiger partial charge in [-0.1, -0.05) is 5.21 Å². The van der Waals surface area contributed by atoms with Gasteiger partial charge in [-0.2, -0.15) is 10.1 Å². The minimum atomic E-state index is -2.54. The Morgan fingerprint density at radius 2 is 1.93 bits per heavy atom. The van der Waals surface area contributed by atoms with E-state index in [4.69, 9.17) is 4.74 Å². The Morgan fingerprint density at radius 3 is 2.57 bits per heavy atom. The van der Waals surface area contributed by atoms with Crippen molar-refractivity contribution in [3.05, 3.63) is 41.1 Å². The van der Waals surface area contributed by atoms with Crippen LogP contribution in [0.5, 0.6) is 5.88 Å². The van der Waals surface area contributed by atoms with Gasteiger partial charge in [-0.25, -0.2) is 23.1 Å². The summed E-state index contributed by atoms with van der Waals surface area (Å²) in [4.78, 5) is 9.18. The van der Waals surface area contributed by atoms with E-state index in [1.807, 2.05) is 19.9 Å². The third kappa shape index (κ3) is 4.63. The van der Waals surface area contributed by atoms with E-state index >= 15 is 0 Å². The van der Waals surface area contributed by atoms with Crippen LogP contribution in [0.2, 0.25) is 0 Å². The average molecular weight is 417 g/mol. The third-order valence-corrected chi connectivity index (χ3v) is 5.45. The maximum absolute atomic E-state index is 13.5. The van der Waals surface area contributed by atoms with E-state index in [1.54, 1.807) is 28.7 Å². The lowest BCUT2D eigenvalue weighted by molar-refractivity contribution is -0.0457. The summed E-state index contributed by atoms with van der Waals surface area (Å²) in [7, 11) is 1.79. The molecule has 0 bridgehead atoms. The second-order valence-electron chi connectivity index (χ2n) is 7.98. The number of halogens is 2. The number of ether oxygens (including phenoxy) is 1. The molecule has 160 valence electrons. The van der Waals surface area contributed by atoms with Gasteiger partial charge in [0.25, 0.3) is 5.95 Å². The second-order valence-corrected chi connectivity index (χ2v) is 7.98. The van der Waals surface area contributed by atoms with Gasteiger partial charge in [-0.15, -0.1) is 5.10 Å². The molecule has 30 heavy (non-hydrogen) atoms. The van der Waals surface area contributed by atoms with Crippen molar-refractivity contribution in [2.45, 2.75) is 58.5 Å². The molecule has 0 aromatic carbocycles. The van der Waals surface area contributed by atoms with Gasteiger partial charge in [0.1, 0.15) is 6.61 Å². The standard InChI is InChI=1S/C20H25F2N7O/c1-13-8-14(2)29(26-13)19-24-16(9-15-4-6-20(21,22)7-5-15)10-18(25-19)30-12-17-11-23-27-28(17)3/h8,10-11,15H,4-7,9,12H2,1-3H3. The molecule has 3 heterocycles. The molecule has 0 N–H and O–H groups in total. The SMILES string of the molecule is Cc1cc(C)n(-c2nc(CC3CCC(F)(F)CC3)cc(OCc3cnnn3C)n2)n1. The number of hydrogen-bond donors (Lipinski definition) is 0. The van der Waals surface area contributed by atoms with Crippen molar-refractivity contribution in [1.29, 1.82) is 0 Å². The first kappa shape index (κ1) is 20.4. The van der Waals surface area contributed by atoms with Gasteiger partial charge < -0.3 is 4.74 Å². The lowest BCUT2D eigenvalue weighted by Crippen LogP contribution is -2.25. The highest BCUT2D eigenvalue weighted by Crippen LogP contribution is 2.37. The first-order chi connectivity index (χ1) is 14.3. The topological polar surface area (TPSA) is 83.5 Å². The molecule has 0 saturated heterocycles. The van der Waals surface area contributed by atoms with Gasteiger partial charge in [-0.3, -0.25) is 0 Å². The van der Waals surface area contributed by atoms with E-state index in [-0.39, 0.29) is 25.4 Å². The van der Waals surface area contributed by atoms with Crippen LogP contribution >= 0.6 is 0 Å². The lowest BCUT2D eigenvalue weighted by atomic mass is 9.84. The monoisotopic (exact) mass is 417 g/mol.